The number of carbonyl (C=O) groups excluding carboxylic acids is 1. The monoisotopic (exact) mass is 304 g/mol. The summed E-state index contributed by atoms with van der Waals surface area (Å²) in [6.07, 6.45) is 15.8. The van der Waals surface area contributed by atoms with Crippen molar-refractivity contribution in [2.45, 2.75) is 72.6 Å². The molecule has 0 aromatic rings. The van der Waals surface area contributed by atoms with Crippen molar-refractivity contribution in [2.24, 2.45) is 29.1 Å². The van der Waals surface area contributed by atoms with Gasteiger partial charge >= 0.3 is 0 Å². The van der Waals surface area contributed by atoms with E-state index in [0.29, 0.717) is 12.3 Å². The molecule has 0 amide bonds. The number of rotatable bonds is 9. The second kappa shape index (κ2) is 9.33. The Morgan fingerprint density at radius 3 is 2.64 bits per heavy atom. The Morgan fingerprint density at radius 2 is 2.05 bits per heavy atom. The first-order valence-electron chi connectivity index (χ1n) is 9.15. The Hall–Kier alpha value is -0.850. The second-order valence-corrected chi connectivity index (χ2v) is 8.05. The minimum absolute atomic E-state index is 0.0208. The summed E-state index contributed by atoms with van der Waals surface area (Å²) in [6.45, 7) is 13.1. The van der Waals surface area contributed by atoms with Gasteiger partial charge in [0.1, 0.15) is 6.29 Å². The molecule has 0 aromatic carbocycles. The molecule has 0 bridgehead atoms. The van der Waals surface area contributed by atoms with Crippen LogP contribution in [0.3, 0.4) is 0 Å². The van der Waals surface area contributed by atoms with E-state index in [0.717, 1.165) is 43.3 Å². The van der Waals surface area contributed by atoms with Crippen LogP contribution < -0.4 is 0 Å². The highest BCUT2D eigenvalue weighted by atomic mass is 16.1. The lowest BCUT2D eigenvalue weighted by molar-refractivity contribution is -0.109. The van der Waals surface area contributed by atoms with Gasteiger partial charge in [0.25, 0.3) is 0 Å². The third-order valence-corrected chi connectivity index (χ3v) is 5.53. The van der Waals surface area contributed by atoms with Crippen molar-refractivity contribution in [1.82, 2.24) is 0 Å². The molecule has 126 valence electrons. The minimum Gasteiger partial charge on any atom is -0.303 e. The lowest BCUT2D eigenvalue weighted by Crippen LogP contribution is -2.27. The zero-order valence-electron chi connectivity index (χ0n) is 15.2. The van der Waals surface area contributed by atoms with Crippen molar-refractivity contribution in [1.29, 1.82) is 0 Å². The molecule has 1 aliphatic carbocycles. The maximum Gasteiger partial charge on any atom is 0.120 e. The Kier molecular flexibility index (Phi) is 8.14. The number of hydrogen-bond donors (Lipinski definition) is 0. The van der Waals surface area contributed by atoms with E-state index in [1.807, 2.05) is 6.08 Å². The molecule has 1 aliphatic rings. The van der Waals surface area contributed by atoms with Crippen molar-refractivity contribution < 1.29 is 4.79 Å². The smallest absolute Gasteiger partial charge is 0.120 e. The van der Waals surface area contributed by atoms with Crippen LogP contribution in [-0.4, -0.2) is 6.29 Å². The average molecular weight is 305 g/mol. The molecule has 1 fully saturated rings. The largest absolute Gasteiger partial charge is 0.303 e. The molecule has 0 saturated heterocycles. The van der Waals surface area contributed by atoms with Gasteiger partial charge in [-0.1, -0.05) is 52.3 Å². The van der Waals surface area contributed by atoms with E-state index in [2.05, 4.69) is 46.4 Å². The lowest BCUT2D eigenvalue weighted by Gasteiger charge is -2.36. The molecular formula is C21H36O. The van der Waals surface area contributed by atoms with E-state index >= 15 is 0 Å². The molecule has 1 rings (SSSR count). The van der Waals surface area contributed by atoms with E-state index in [4.69, 9.17) is 0 Å². The number of carbonyl (C=O) groups is 1. The topological polar surface area (TPSA) is 17.1 Å². The molecule has 0 spiro atoms. The van der Waals surface area contributed by atoms with Crippen LogP contribution in [0.15, 0.2) is 24.8 Å². The standard InChI is InChI=1S/C21H36O/c1-6-7-8-12-21(5,14-15-22)13-11-19-16-18(4)9-10-20(19)17(2)3/h6,11,13,15,17-20H,1,7-10,12,14,16H2,2-5H3/b13-11+/t18?,19?,20?,21-/m0/s1. The lowest BCUT2D eigenvalue weighted by atomic mass is 9.69. The molecule has 4 atom stereocenters. The van der Waals surface area contributed by atoms with E-state index in [-0.39, 0.29) is 5.41 Å². The van der Waals surface area contributed by atoms with Gasteiger partial charge in [-0.25, -0.2) is 0 Å². The molecule has 1 heteroatoms. The van der Waals surface area contributed by atoms with Gasteiger partial charge in [0.15, 0.2) is 0 Å². The van der Waals surface area contributed by atoms with Gasteiger partial charge in [0, 0.05) is 6.42 Å². The molecule has 0 N–H and O–H groups in total. The van der Waals surface area contributed by atoms with Crippen molar-refractivity contribution in [3.05, 3.63) is 24.8 Å². The Labute approximate surface area is 138 Å². The predicted molar refractivity (Wildman–Crippen MR) is 96.8 cm³/mol. The molecular weight excluding hydrogens is 268 g/mol. The van der Waals surface area contributed by atoms with Crippen molar-refractivity contribution >= 4 is 6.29 Å². The van der Waals surface area contributed by atoms with E-state index in [1.165, 1.54) is 19.3 Å². The zero-order chi connectivity index (χ0) is 16.6. The van der Waals surface area contributed by atoms with Gasteiger partial charge < -0.3 is 4.79 Å². The van der Waals surface area contributed by atoms with Crippen LogP contribution in [-0.2, 0) is 4.79 Å². The van der Waals surface area contributed by atoms with Crippen LogP contribution in [0.4, 0.5) is 0 Å². The van der Waals surface area contributed by atoms with E-state index in [9.17, 15) is 4.79 Å². The first kappa shape index (κ1) is 19.2. The highest BCUT2D eigenvalue weighted by Gasteiger charge is 2.30. The van der Waals surface area contributed by atoms with Crippen LogP contribution in [0.2, 0.25) is 0 Å². The Morgan fingerprint density at radius 1 is 1.32 bits per heavy atom. The first-order valence-corrected chi connectivity index (χ1v) is 9.15. The summed E-state index contributed by atoms with van der Waals surface area (Å²) < 4.78 is 0. The fraction of sp³-hybridized carbons (Fsp3) is 0.762. The highest BCUT2D eigenvalue weighted by Crippen LogP contribution is 2.40. The Bertz CT molecular complexity index is 368. The fourth-order valence-corrected chi connectivity index (χ4v) is 3.95. The summed E-state index contributed by atoms with van der Waals surface area (Å²) in [6, 6.07) is 0. The van der Waals surface area contributed by atoms with E-state index in [1.54, 1.807) is 0 Å². The molecule has 1 nitrogen and oxygen atoms in total. The predicted octanol–water partition coefficient (Wildman–Crippen LogP) is 6.20. The maximum absolute atomic E-state index is 11.1. The van der Waals surface area contributed by atoms with Crippen LogP contribution in [0, 0.1) is 29.1 Å². The normalized spacial score (nSPS) is 28.7. The van der Waals surface area contributed by atoms with Gasteiger partial charge in [0.2, 0.25) is 0 Å². The summed E-state index contributed by atoms with van der Waals surface area (Å²) in [5.41, 5.74) is 0.0208. The molecule has 0 heterocycles. The minimum atomic E-state index is 0.0208. The van der Waals surface area contributed by atoms with Crippen LogP contribution in [0.5, 0.6) is 0 Å². The molecule has 22 heavy (non-hydrogen) atoms. The van der Waals surface area contributed by atoms with Gasteiger partial charge in [-0.3, -0.25) is 0 Å². The molecule has 0 aliphatic heterocycles. The molecule has 3 unspecified atom stereocenters. The maximum atomic E-state index is 11.1. The van der Waals surface area contributed by atoms with Crippen LogP contribution >= 0.6 is 0 Å². The summed E-state index contributed by atoms with van der Waals surface area (Å²) in [7, 11) is 0. The number of hydrogen-bond acceptors (Lipinski definition) is 1. The first-order chi connectivity index (χ1) is 10.4. The number of aldehydes is 1. The molecule has 0 aromatic heterocycles. The summed E-state index contributed by atoms with van der Waals surface area (Å²) in [5, 5.41) is 0. The number of unbranched alkanes of at least 4 members (excludes halogenated alkanes) is 1. The third-order valence-electron chi connectivity index (χ3n) is 5.53. The van der Waals surface area contributed by atoms with Gasteiger partial charge in [0.05, 0.1) is 0 Å². The third kappa shape index (κ3) is 6.10. The van der Waals surface area contributed by atoms with E-state index < -0.39 is 0 Å². The molecule has 0 radical (unpaired) electrons. The van der Waals surface area contributed by atoms with Gasteiger partial charge in [-0.15, -0.1) is 6.58 Å². The summed E-state index contributed by atoms with van der Waals surface area (Å²) in [5.74, 6) is 3.08. The summed E-state index contributed by atoms with van der Waals surface area (Å²) >= 11 is 0. The average Bonchev–Trinajstić information content (AvgIpc) is 2.45. The zero-order valence-corrected chi connectivity index (χ0v) is 15.2. The Balaban J connectivity index is 2.77. The van der Waals surface area contributed by atoms with Crippen molar-refractivity contribution in [3.63, 3.8) is 0 Å². The quantitative estimate of drug-likeness (QED) is 0.281. The SMILES string of the molecule is C=CCCC[C@@](C)(/C=C/C1CC(C)CCC1C(C)C)CC=O. The highest BCUT2D eigenvalue weighted by molar-refractivity contribution is 5.51. The van der Waals surface area contributed by atoms with Crippen molar-refractivity contribution in [2.75, 3.05) is 0 Å². The van der Waals surface area contributed by atoms with Crippen molar-refractivity contribution in [3.8, 4) is 0 Å². The van der Waals surface area contributed by atoms with Gasteiger partial charge in [-0.2, -0.15) is 0 Å². The summed E-state index contributed by atoms with van der Waals surface area (Å²) in [4.78, 5) is 11.1. The van der Waals surface area contributed by atoms with Crippen LogP contribution in [0.25, 0.3) is 0 Å². The number of allylic oxidation sites excluding steroid dienone is 3. The van der Waals surface area contributed by atoms with Crippen LogP contribution in [0.1, 0.15) is 72.6 Å². The fourth-order valence-electron chi connectivity index (χ4n) is 3.95. The second-order valence-electron chi connectivity index (χ2n) is 8.05. The van der Waals surface area contributed by atoms with Gasteiger partial charge in [-0.05, 0) is 61.2 Å². The molecule has 1 saturated carbocycles.